The van der Waals surface area contributed by atoms with Crippen molar-refractivity contribution in [2.75, 3.05) is 31.6 Å². The van der Waals surface area contributed by atoms with Gasteiger partial charge in [-0.1, -0.05) is 60.8 Å². The molecule has 0 heterocycles. The minimum Gasteiger partial charge on any atom is -0.493 e. The van der Waals surface area contributed by atoms with E-state index in [9.17, 15) is 18.0 Å². The fourth-order valence-corrected chi connectivity index (χ4v) is 5.90. The van der Waals surface area contributed by atoms with Crippen LogP contribution in [0, 0.1) is 6.92 Å². The lowest BCUT2D eigenvalue weighted by atomic mass is 10.1. The lowest BCUT2D eigenvalue weighted by Crippen LogP contribution is -2.51. The van der Waals surface area contributed by atoms with Crippen LogP contribution in [-0.2, 0) is 26.2 Å². The molecule has 42 heavy (non-hydrogen) atoms. The molecule has 0 aliphatic carbocycles. The predicted octanol–water partition coefficient (Wildman–Crippen LogP) is 5.19. The molecule has 3 aromatic carbocycles. The van der Waals surface area contributed by atoms with Crippen molar-refractivity contribution in [2.24, 2.45) is 0 Å². The van der Waals surface area contributed by atoms with Crippen LogP contribution in [0.5, 0.6) is 11.5 Å². The first-order chi connectivity index (χ1) is 20.0. The van der Waals surface area contributed by atoms with E-state index in [-0.39, 0.29) is 23.1 Å². The number of rotatable bonds is 14. The van der Waals surface area contributed by atoms with Crippen LogP contribution in [0.15, 0.2) is 71.6 Å². The predicted molar refractivity (Wildman–Crippen MR) is 165 cm³/mol. The van der Waals surface area contributed by atoms with E-state index < -0.39 is 28.5 Å². The van der Waals surface area contributed by atoms with Crippen molar-refractivity contribution in [3.05, 3.63) is 82.9 Å². The van der Waals surface area contributed by atoms with Gasteiger partial charge in [0.1, 0.15) is 12.6 Å². The lowest BCUT2D eigenvalue weighted by molar-refractivity contribution is -0.139. The molecule has 1 N–H and O–H groups in total. The Bertz CT molecular complexity index is 1480. The van der Waals surface area contributed by atoms with Crippen LogP contribution in [-0.4, -0.2) is 58.5 Å². The van der Waals surface area contributed by atoms with Gasteiger partial charge in [0.15, 0.2) is 11.5 Å². The van der Waals surface area contributed by atoms with E-state index >= 15 is 0 Å². The Hall–Kier alpha value is -3.76. The molecule has 0 saturated carbocycles. The van der Waals surface area contributed by atoms with Crippen LogP contribution >= 0.6 is 11.6 Å². The van der Waals surface area contributed by atoms with Crippen molar-refractivity contribution in [3.8, 4) is 11.5 Å². The number of carbonyl (C=O) groups is 2. The summed E-state index contributed by atoms with van der Waals surface area (Å²) in [5, 5.41) is 3.30. The molecule has 1 atom stereocenters. The van der Waals surface area contributed by atoms with Gasteiger partial charge in [0.05, 0.1) is 24.8 Å². The van der Waals surface area contributed by atoms with Crippen LogP contribution in [0.3, 0.4) is 0 Å². The van der Waals surface area contributed by atoms with Gasteiger partial charge in [-0.3, -0.25) is 13.9 Å². The summed E-state index contributed by atoms with van der Waals surface area (Å²) in [7, 11) is -1.41. The largest absolute Gasteiger partial charge is 0.493 e. The summed E-state index contributed by atoms with van der Waals surface area (Å²) in [5.41, 5.74) is 1.85. The molecule has 0 saturated heterocycles. The number of unbranched alkanes of at least 4 members (excludes halogenated alkanes) is 1. The molecule has 0 aliphatic rings. The summed E-state index contributed by atoms with van der Waals surface area (Å²) in [5.74, 6) is -0.319. The Labute approximate surface area is 253 Å². The van der Waals surface area contributed by atoms with E-state index in [1.54, 1.807) is 55.5 Å². The Balaban J connectivity index is 2.05. The summed E-state index contributed by atoms with van der Waals surface area (Å²) in [4.78, 5) is 28.4. The molecule has 226 valence electrons. The average Bonchev–Trinajstić information content (AvgIpc) is 2.99. The number of methoxy groups -OCH3 is 2. The third-order valence-corrected chi connectivity index (χ3v) is 8.98. The van der Waals surface area contributed by atoms with Crippen LogP contribution in [0.25, 0.3) is 0 Å². The molecule has 9 nitrogen and oxygen atoms in total. The second-order valence-electron chi connectivity index (χ2n) is 9.80. The van der Waals surface area contributed by atoms with Crippen LogP contribution < -0.4 is 19.1 Å². The highest BCUT2D eigenvalue weighted by molar-refractivity contribution is 7.92. The molecule has 0 aliphatic heterocycles. The highest BCUT2D eigenvalue weighted by Gasteiger charge is 2.33. The van der Waals surface area contributed by atoms with Gasteiger partial charge < -0.3 is 19.7 Å². The third-order valence-electron chi connectivity index (χ3n) is 6.84. The number of hydrogen-bond acceptors (Lipinski definition) is 6. The zero-order valence-corrected chi connectivity index (χ0v) is 26.2. The fraction of sp³-hybridized carbons (Fsp3) is 0.355. The van der Waals surface area contributed by atoms with Gasteiger partial charge in [-0.15, -0.1) is 0 Å². The van der Waals surface area contributed by atoms with Crippen molar-refractivity contribution in [1.29, 1.82) is 0 Å². The number of nitrogens with one attached hydrogen (secondary N) is 1. The van der Waals surface area contributed by atoms with E-state index in [0.717, 1.165) is 22.7 Å². The molecule has 0 bridgehead atoms. The first kappa shape index (κ1) is 32.8. The molecule has 1 unspecified atom stereocenters. The Kier molecular flexibility index (Phi) is 11.6. The zero-order valence-electron chi connectivity index (χ0n) is 24.6. The van der Waals surface area contributed by atoms with E-state index in [1.807, 2.05) is 13.8 Å². The molecule has 0 fully saturated rings. The zero-order chi connectivity index (χ0) is 30.9. The number of hydrogen-bond donors (Lipinski definition) is 1. The van der Waals surface area contributed by atoms with Gasteiger partial charge in [0.25, 0.3) is 10.0 Å². The lowest BCUT2D eigenvalue weighted by Gasteiger charge is -2.32. The van der Waals surface area contributed by atoms with Gasteiger partial charge in [-0.2, -0.15) is 0 Å². The number of amides is 2. The van der Waals surface area contributed by atoms with Gasteiger partial charge in [0.2, 0.25) is 11.8 Å². The van der Waals surface area contributed by atoms with Gasteiger partial charge in [0, 0.05) is 24.2 Å². The number of anilines is 1. The van der Waals surface area contributed by atoms with E-state index in [4.69, 9.17) is 21.1 Å². The van der Waals surface area contributed by atoms with E-state index in [2.05, 4.69) is 5.32 Å². The van der Waals surface area contributed by atoms with Crippen molar-refractivity contribution >= 4 is 39.1 Å². The molecule has 3 aromatic rings. The average molecular weight is 616 g/mol. The van der Waals surface area contributed by atoms with E-state index in [0.29, 0.717) is 28.6 Å². The highest BCUT2D eigenvalue weighted by atomic mass is 35.5. The van der Waals surface area contributed by atoms with Gasteiger partial charge in [-0.05, 0) is 56.2 Å². The van der Waals surface area contributed by atoms with Crippen molar-refractivity contribution < 1.29 is 27.5 Å². The summed E-state index contributed by atoms with van der Waals surface area (Å²) in [6, 6.07) is 17.2. The monoisotopic (exact) mass is 615 g/mol. The maximum atomic E-state index is 14.1. The first-order valence-electron chi connectivity index (χ1n) is 13.7. The fourth-order valence-electron chi connectivity index (χ4n) is 4.27. The summed E-state index contributed by atoms with van der Waals surface area (Å²) >= 11 is 6.42. The summed E-state index contributed by atoms with van der Waals surface area (Å²) < 4.78 is 39.8. The third kappa shape index (κ3) is 7.95. The molecule has 3 rings (SSSR count). The molecule has 0 radical (unpaired) electrons. The molecule has 0 aromatic heterocycles. The van der Waals surface area contributed by atoms with Crippen LogP contribution in [0.2, 0.25) is 5.02 Å². The minimum absolute atomic E-state index is 0.0129. The number of sulfonamides is 1. The number of aryl methyl sites for hydroxylation is 1. The van der Waals surface area contributed by atoms with Gasteiger partial charge in [-0.25, -0.2) is 8.42 Å². The maximum absolute atomic E-state index is 14.1. The van der Waals surface area contributed by atoms with Crippen LogP contribution in [0.4, 0.5) is 5.69 Å². The van der Waals surface area contributed by atoms with E-state index in [1.165, 1.54) is 37.3 Å². The first-order valence-corrected chi connectivity index (χ1v) is 15.5. The smallest absolute Gasteiger partial charge is 0.264 e. The second-order valence-corrected chi connectivity index (χ2v) is 12.1. The topological polar surface area (TPSA) is 105 Å². The number of ether oxygens (including phenoxy) is 2. The molecule has 0 spiro atoms. The Morgan fingerprint density at radius 2 is 1.64 bits per heavy atom. The minimum atomic E-state index is -4.27. The molecular formula is C31H38ClN3O6S. The van der Waals surface area contributed by atoms with Gasteiger partial charge >= 0.3 is 0 Å². The Morgan fingerprint density at radius 3 is 2.26 bits per heavy atom. The molecular weight excluding hydrogens is 578 g/mol. The number of carbonyl (C=O) groups excluding carboxylic acids is 2. The number of benzene rings is 3. The Morgan fingerprint density at radius 1 is 0.976 bits per heavy atom. The summed E-state index contributed by atoms with van der Waals surface area (Å²) in [6.07, 6.45) is 1.69. The molecule has 11 heteroatoms. The van der Waals surface area contributed by atoms with Crippen molar-refractivity contribution in [1.82, 2.24) is 10.2 Å². The van der Waals surface area contributed by atoms with Crippen molar-refractivity contribution in [2.45, 2.75) is 51.1 Å². The molecule has 2 amide bonds. The number of halogens is 1. The van der Waals surface area contributed by atoms with Crippen LogP contribution in [0.1, 0.15) is 37.8 Å². The summed E-state index contributed by atoms with van der Waals surface area (Å²) in [6.45, 7) is 5.44. The highest BCUT2D eigenvalue weighted by Crippen LogP contribution is 2.32. The quantitative estimate of drug-likeness (QED) is 0.250. The van der Waals surface area contributed by atoms with Crippen molar-refractivity contribution in [3.63, 3.8) is 0 Å². The SMILES string of the molecule is CCCCNC(=O)C(C)N(Cc1ccccc1Cl)C(=O)CN(c1ccc(C)cc1)S(=O)(=O)c1ccc(OC)c(OC)c1. The number of nitrogens with zero attached hydrogens (tertiary/aromatic N) is 2. The standard InChI is InChI=1S/C31H38ClN3O6S/c1-6-7-18-33-31(37)23(3)34(20-24-10-8-9-11-27(24)32)30(36)21-35(25-14-12-22(2)13-15-25)42(38,39)26-16-17-28(40-4)29(19-26)41-5/h8-17,19,23H,6-7,18,20-21H2,1-5H3,(H,33,37). The maximum Gasteiger partial charge on any atom is 0.264 e. The second kappa shape index (κ2) is 14.9. The normalized spacial score (nSPS) is 11.9.